The van der Waals surface area contributed by atoms with Crippen LogP contribution in [0.5, 0.6) is 11.5 Å². The summed E-state index contributed by atoms with van der Waals surface area (Å²) >= 11 is 0. The van der Waals surface area contributed by atoms with Gasteiger partial charge in [-0.25, -0.2) is 5.43 Å². The lowest BCUT2D eigenvalue weighted by Gasteiger charge is -2.11. The van der Waals surface area contributed by atoms with Gasteiger partial charge in [-0.3, -0.25) is 14.4 Å². The molecule has 3 N–H and O–H groups in total. The van der Waals surface area contributed by atoms with E-state index in [1.54, 1.807) is 30.3 Å². The molecule has 0 aliphatic heterocycles. The standard InChI is InChI=1S/C27H28N4O5/c1-17-8-11-21(12-9-17)29-25(32)16-36-23-13-10-20(14-24(23)35-4)15-28-31-27(34)26(33)30-22-7-5-6-18(2)19(22)3/h5-15H,16H2,1-4H3,(H,29,32)(H,30,33)(H,31,34)/b28-15-. The first kappa shape index (κ1) is 26.0. The van der Waals surface area contributed by atoms with Crippen molar-refractivity contribution < 1.29 is 23.9 Å². The molecule has 0 atom stereocenters. The summed E-state index contributed by atoms with van der Waals surface area (Å²) in [5.41, 5.74) is 6.99. The van der Waals surface area contributed by atoms with Crippen LogP contribution in [0.2, 0.25) is 0 Å². The van der Waals surface area contributed by atoms with E-state index < -0.39 is 11.8 Å². The summed E-state index contributed by atoms with van der Waals surface area (Å²) in [5, 5.41) is 9.16. The molecule has 0 bridgehead atoms. The maximum absolute atomic E-state index is 12.2. The first-order valence-electron chi connectivity index (χ1n) is 11.1. The number of methoxy groups -OCH3 is 1. The maximum atomic E-state index is 12.2. The molecule has 0 radical (unpaired) electrons. The highest BCUT2D eigenvalue weighted by Gasteiger charge is 2.14. The molecule has 0 unspecified atom stereocenters. The molecule has 0 saturated carbocycles. The first-order valence-corrected chi connectivity index (χ1v) is 11.1. The van der Waals surface area contributed by atoms with Gasteiger partial charge < -0.3 is 20.1 Å². The second kappa shape index (κ2) is 12.2. The van der Waals surface area contributed by atoms with Crippen LogP contribution in [0.15, 0.2) is 65.8 Å². The number of hydrogen-bond donors (Lipinski definition) is 3. The third-order valence-electron chi connectivity index (χ3n) is 5.32. The van der Waals surface area contributed by atoms with Crippen LogP contribution in [0.1, 0.15) is 22.3 Å². The van der Waals surface area contributed by atoms with Crippen LogP contribution in [-0.4, -0.2) is 37.7 Å². The molecule has 0 aromatic heterocycles. The Kier molecular flexibility index (Phi) is 8.77. The molecule has 0 saturated heterocycles. The highest BCUT2D eigenvalue weighted by Crippen LogP contribution is 2.27. The van der Waals surface area contributed by atoms with Gasteiger partial charge in [0.05, 0.1) is 13.3 Å². The molecule has 3 amide bonds. The molecule has 36 heavy (non-hydrogen) atoms. The topological polar surface area (TPSA) is 118 Å². The Morgan fingerprint density at radius 2 is 1.64 bits per heavy atom. The number of carbonyl (C=O) groups excluding carboxylic acids is 3. The number of nitrogens with zero attached hydrogens (tertiary/aromatic N) is 1. The van der Waals surface area contributed by atoms with E-state index in [-0.39, 0.29) is 12.5 Å². The number of nitrogens with one attached hydrogen (secondary N) is 3. The van der Waals surface area contributed by atoms with Crippen molar-refractivity contribution in [3.63, 3.8) is 0 Å². The number of aryl methyl sites for hydroxylation is 2. The Hall–Kier alpha value is -4.66. The van der Waals surface area contributed by atoms with Gasteiger partial charge in [0, 0.05) is 11.4 Å². The van der Waals surface area contributed by atoms with Gasteiger partial charge >= 0.3 is 11.8 Å². The van der Waals surface area contributed by atoms with E-state index in [2.05, 4.69) is 21.2 Å². The van der Waals surface area contributed by atoms with E-state index in [0.717, 1.165) is 16.7 Å². The van der Waals surface area contributed by atoms with Crippen molar-refractivity contribution >= 4 is 35.3 Å². The molecule has 0 heterocycles. The third-order valence-corrected chi connectivity index (χ3v) is 5.32. The van der Waals surface area contributed by atoms with Gasteiger partial charge in [-0.05, 0) is 73.9 Å². The third kappa shape index (κ3) is 7.17. The molecule has 3 aromatic rings. The van der Waals surface area contributed by atoms with Crippen LogP contribution >= 0.6 is 0 Å². The van der Waals surface area contributed by atoms with E-state index in [0.29, 0.717) is 28.4 Å². The number of amides is 3. The van der Waals surface area contributed by atoms with Gasteiger partial charge in [0.1, 0.15) is 0 Å². The van der Waals surface area contributed by atoms with Crippen molar-refractivity contribution in [2.24, 2.45) is 5.10 Å². The molecule has 9 heteroatoms. The zero-order chi connectivity index (χ0) is 26.1. The minimum Gasteiger partial charge on any atom is -0.493 e. The number of anilines is 2. The quantitative estimate of drug-likeness (QED) is 0.254. The van der Waals surface area contributed by atoms with Gasteiger partial charge in [0.25, 0.3) is 5.91 Å². The molecule has 0 aliphatic carbocycles. The number of rotatable bonds is 8. The van der Waals surface area contributed by atoms with E-state index >= 15 is 0 Å². The van der Waals surface area contributed by atoms with Crippen LogP contribution in [0, 0.1) is 20.8 Å². The van der Waals surface area contributed by atoms with Gasteiger partial charge in [0.2, 0.25) is 0 Å². The molecule has 3 rings (SSSR count). The van der Waals surface area contributed by atoms with E-state index in [9.17, 15) is 14.4 Å². The number of carbonyl (C=O) groups is 3. The normalized spacial score (nSPS) is 10.6. The van der Waals surface area contributed by atoms with Crippen molar-refractivity contribution in [2.75, 3.05) is 24.4 Å². The minimum absolute atomic E-state index is 0.205. The fourth-order valence-corrected chi connectivity index (χ4v) is 3.14. The van der Waals surface area contributed by atoms with E-state index in [1.807, 2.05) is 51.1 Å². The van der Waals surface area contributed by atoms with E-state index in [4.69, 9.17) is 9.47 Å². The summed E-state index contributed by atoms with van der Waals surface area (Å²) in [6.45, 7) is 5.54. The van der Waals surface area contributed by atoms with Gasteiger partial charge in [-0.2, -0.15) is 5.10 Å². The molecule has 3 aromatic carbocycles. The highest BCUT2D eigenvalue weighted by atomic mass is 16.5. The Bertz CT molecular complexity index is 1290. The summed E-state index contributed by atoms with van der Waals surface area (Å²) in [4.78, 5) is 36.4. The SMILES string of the molecule is COc1cc(/C=N\NC(=O)C(=O)Nc2cccc(C)c2C)ccc1OCC(=O)Nc1ccc(C)cc1. The number of hydrogen-bond acceptors (Lipinski definition) is 6. The first-order chi connectivity index (χ1) is 17.3. The summed E-state index contributed by atoms with van der Waals surface area (Å²) in [7, 11) is 1.47. The average Bonchev–Trinajstić information content (AvgIpc) is 2.87. The lowest BCUT2D eigenvalue weighted by Crippen LogP contribution is -2.32. The van der Waals surface area contributed by atoms with Crippen molar-refractivity contribution in [1.29, 1.82) is 0 Å². The molecular formula is C27H28N4O5. The largest absolute Gasteiger partial charge is 0.493 e. The van der Waals surface area contributed by atoms with Crippen molar-refractivity contribution in [1.82, 2.24) is 5.43 Å². The number of ether oxygens (including phenoxy) is 2. The lowest BCUT2D eigenvalue weighted by atomic mass is 10.1. The molecule has 0 fully saturated rings. The fraction of sp³-hybridized carbons (Fsp3) is 0.185. The van der Waals surface area contributed by atoms with Gasteiger partial charge in [-0.1, -0.05) is 29.8 Å². The highest BCUT2D eigenvalue weighted by molar-refractivity contribution is 6.39. The zero-order valence-electron chi connectivity index (χ0n) is 20.5. The van der Waals surface area contributed by atoms with Crippen LogP contribution < -0.4 is 25.5 Å². The van der Waals surface area contributed by atoms with Crippen molar-refractivity contribution in [2.45, 2.75) is 20.8 Å². The van der Waals surface area contributed by atoms with Crippen molar-refractivity contribution in [3.8, 4) is 11.5 Å². The summed E-state index contributed by atoms with van der Waals surface area (Å²) in [6, 6.07) is 17.8. The lowest BCUT2D eigenvalue weighted by molar-refractivity contribution is -0.136. The molecule has 0 spiro atoms. The van der Waals surface area contributed by atoms with Crippen LogP contribution in [0.4, 0.5) is 11.4 Å². The van der Waals surface area contributed by atoms with E-state index in [1.165, 1.54) is 13.3 Å². The summed E-state index contributed by atoms with van der Waals surface area (Å²) < 4.78 is 10.9. The predicted molar refractivity (Wildman–Crippen MR) is 139 cm³/mol. The maximum Gasteiger partial charge on any atom is 0.329 e. The smallest absolute Gasteiger partial charge is 0.329 e. The molecular weight excluding hydrogens is 460 g/mol. The molecule has 186 valence electrons. The number of benzene rings is 3. The fourth-order valence-electron chi connectivity index (χ4n) is 3.14. The zero-order valence-corrected chi connectivity index (χ0v) is 20.5. The molecule has 9 nitrogen and oxygen atoms in total. The Labute approximate surface area is 209 Å². The predicted octanol–water partition coefficient (Wildman–Crippen LogP) is 3.73. The van der Waals surface area contributed by atoms with Crippen LogP contribution in [0.25, 0.3) is 0 Å². The van der Waals surface area contributed by atoms with Crippen molar-refractivity contribution in [3.05, 3.63) is 82.9 Å². The van der Waals surface area contributed by atoms with Gasteiger partial charge in [0.15, 0.2) is 18.1 Å². The Morgan fingerprint density at radius 3 is 2.36 bits per heavy atom. The summed E-state index contributed by atoms with van der Waals surface area (Å²) in [5.74, 6) is -1.30. The Morgan fingerprint density at radius 1 is 0.889 bits per heavy atom. The van der Waals surface area contributed by atoms with Gasteiger partial charge in [-0.15, -0.1) is 0 Å². The summed E-state index contributed by atoms with van der Waals surface area (Å²) in [6.07, 6.45) is 1.36. The van der Waals surface area contributed by atoms with Crippen LogP contribution in [0.3, 0.4) is 0 Å². The monoisotopic (exact) mass is 488 g/mol. The number of hydrazone groups is 1. The minimum atomic E-state index is -0.904. The van der Waals surface area contributed by atoms with Crippen LogP contribution in [-0.2, 0) is 14.4 Å². The molecule has 0 aliphatic rings. The second-order valence-electron chi connectivity index (χ2n) is 8.01. The Balaban J connectivity index is 1.53. The second-order valence-corrected chi connectivity index (χ2v) is 8.01. The average molecular weight is 489 g/mol.